The molecule has 126 valence electrons. The lowest BCUT2D eigenvalue weighted by molar-refractivity contribution is 0.294. The lowest BCUT2D eigenvalue weighted by Gasteiger charge is -2.06. The average molecular weight is 327 g/mol. The van der Waals surface area contributed by atoms with Crippen LogP contribution >= 0.6 is 0 Å². The fourth-order valence-electron chi connectivity index (χ4n) is 2.34. The smallest absolute Gasteiger partial charge is 0.166 e. The van der Waals surface area contributed by atoms with Crippen molar-refractivity contribution in [1.82, 2.24) is 9.97 Å². The number of aryl methyl sites for hydroxylation is 1. The monoisotopic (exact) mass is 327 g/mol. The van der Waals surface area contributed by atoms with Gasteiger partial charge in [-0.1, -0.05) is 32.6 Å². The molecule has 0 aliphatic heterocycles. The normalized spacial score (nSPS) is 10.4. The fraction of sp³-hybridized carbons (Fsp3) is 0.421. The summed E-state index contributed by atoms with van der Waals surface area (Å²) in [6.07, 6.45) is 10.9. The third-order valence-corrected chi connectivity index (χ3v) is 3.76. The maximum absolute atomic E-state index is 13.5. The Morgan fingerprint density at radius 3 is 2.54 bits per heavy atom. The van der Waals surface area contributed by atoms with E-state index in [-0.39, 0.29) is 12.2 Å². The largest absolute Gasteiger partial charge is 0.486 e. The van der Waals surface area contributed by atoms with Crippen LogP contribution in [0.2, 0.25) is 0 Å². The Labute approximate surface area is 142 Å². The Hall–Kier alpha value is -2.48. The van der Waals surface area contributed by atoms with E-state index in [0.717, 1.165) is 18.4 Å². The molecule has 0 spiro atoms. The van der Waals surface area contributed by atoms with Crippen molar-refractivity contribution in [2.45, 2.75) is 52.1 Å². The summed E-state index contributed by atoms with van der Waals surface area (Å²) >= 11 is 0. The van der Waals surface area contributed by atoms with Crippen molar-refractivity contribution in [3.8, 4) is 11.8 Å². The first-order chi connectivity index (χ1) is 11.7. The molecule has 2 rings (SSSR count). The number of nitriles is 1. The van der Waals surface area contributed by atoms with E-state index in [1.165, 1.54) is 37.8 Å². The molecule has 0 fully saturated rings. The molecule has 0 aliphatic carbocycles. The summed E-state index contributed by atoms with van der Waals surface area (Å²) in [5.41, 5.74) is 1.13. The van der Waals surface area contributed by atoms with Crippen LogP contribution in [0, 0.1) is 17.1 Å². The predicted molar refractivity (Wildman–Crippen MR) is 89.9 cm³/mol. The number of benzene rings is 1. The molecule has 1 heterocycles. The quantitative estimate of drug-likeness (QED) is 0.633. The second-order valence-electron chi connectivity index (χ2n) is 5.71. The minimum absolute atomic E-state index is 0.00175. The molecule has 0 atom stereocenters. The highest BCUT2D eigenvalue weighted by atomic mass is 19.1. The molecule has 4 nitrogen and oxygen atoms in total. The van der Waals surface area contributed by atoms with Crippen LogP contribution in [0.3, 0.4) is 0 Å². The van der Waals surface area contributed by atoms with E-state index in [9.17, 15) is 4.39 Å². The third-order valence-electron chi connectivity index (χ3n) is 3.76. The van der Waals surface area contributed by atoms with E-state index < -0.39 is 5.82 Å². The van der Waals surface area contributed by atoms with Crippen LogP contribution in [0.1, 0.15) is 56.0 Å². The van der Waals surface area contributed by atoms with Gasteiger partial charge in [-0.25, -0.2) is 14.4 Å². The topological polar surface area (TPSA) is 58.8 Å². The second kappa shape index (κ2) is 9.61. The number of aromatic nitrogens is 2. The van der Waals surface area contributed by atoms with Gasteiger partial charge in [0.25, 0.3) is 0 Å². The van der Waals surface area contributed by atoms with Crippen molar-refractivity contribution in [3.05, 3.63) is 53.4 Å². The summed E-state index contributed by atoms with van der Waals surface area (Å²) in [6.45, 7) is 2.38. The molecule has 0 saturated carbocycles. The van der Waals surface area contributed by atoms with E-state index in [1.807, 2.05) is 12.4 Å². The molecule has 0 N–H and O–H groups in total. The molecule has 0 aliphatic rings. The Morgan fingerprint density at radius 2 is 1.88 bits per heavy atom. The minimum atomic E-state index is -0.589. The number of hydrogen-bond acceptors (Lipinski definition) is 4. The first-order valence-corrected chi connectivity index (χ1v) is 8.35. The maximum Gasteiger partial charge on any atom is 0.166 e. The number of ether oxygens (including phenoxy) is 1. The summed E-state index contributed by atoms with van der Waals surface area (Å²) in [4.78, 5) is 8.57. The van der Waals surface area contributed by atoms with Gasteiger partial charge in [0.15, 0.2) is 5.82 Å². The Morgan fingerprint density at radius 1 is 1.12 bits per heavy atom. The lowest BCUT2D eigenvalue weighted by Crippen LogP contribution is -2.02. The first-order valence-electron chi connectivity index (χ1n) is 8.35. The molecule has 1 aromatic carbocycles. The van der Waals surface area contributed by atoms with Crippen molar-refractivity contribution in [1.29, 1.82) is 5.26 Å². The van der Waals surface area contributed by atoms with E-state index in [2.05, 4.69) is 16.9 Å². The summed E-state index contributed by atoms with van der Waals surface area (Å²) in [7, 11) is 0. The third kappa shape index (κ3) is 5.62. The zero-order valence-electron chi connectivity index (χ0n) is 14.0. The van der Waals surface area contributed by atoms with Gasteiger partial charge in [-0.2, -0.15) is 5.26 Å². The lowest BCUT2D eigenvalue weighted by atomic mass is 10.1. The first kappa shape index (κ1) is 17.9. The van der Waals surface area contributed by atoms with Gasteiger partial charge in [0.2, 0.25) is 0 Å². The van der Waals surface area contributed by atoms with E-state index in [1.54, 1.807) is 12.1 Å². The molecular formula is C19H22FN3O. The highest BCUT2D eigenvalue weighted by molar-refractivity contribution is 5.36. The van der Waals surface area contributed by atoms with Crippen LogP contribution in [-0.2, 0) is 13.0 Å². The van der Waals surface area contributed by atoms with Crippen LogP contribution in [0.5, 0.6) is 5.75 Å². The van der Waals surface area contributed by atoms with Gasteiger partial charge >= 0.3 is 0 Å². The number of rotatable bonds is 9. The maximum atomic E-state index is 13.5. The summed E-state index contributed by atoms with van der Waals surface area (Å²) in [5, 5.41) is 8.70. The van der Waals surface area contributed by atoms with Gasteiger partial charge in [0.1, 0.15) is 24.2 Å². The van der Waals surface area contributed by atoms with E-state index in [0.29, 0.717) is 11.6 Å². The molecular weight excluding hydrogens is 305 g/mol. The molecule has 2 aromatic rings. The average Bonchev–Trinajstić information content (AvgIpc) is 2.61. The van der Waals surface area contributed by atoms with Gasteiger partial charge in [-0.3, -0.25) is 0 Å². The molecule has 24 heavy (non-hydrogen) atoms. The highest BCUT2D eigenvalue weighted by Crippen LogP contribution is 2.17. The fourth-order valence-corrected chi connectivity index (χ4v) is 2.34. The molecule has 5 heteroatoms. The van der Waals surface area contributed by atoms with Crippen molar-refractivity contribution in [3.63, 3.8) is 0 Å². The molecule has 0 bridgehead atoms. The molecule has 0 saturated heterocycles. The SMILES string of the molecule is CCCCCCCc1cnc(COc2ccc(C#N)c(F)c2)nc1. The number of nitrogens with zero attached hydrogens (tertiary/aromatic N) is 3. The standard InChI is InChI=1S/C19H22FN3O/c1-2-3-4-5-6-7-15-12-22-19(23-13-15)14-24-17-9-8-16(11-21)18(20)10-17/h8-10,12-13H,2-7,14H2,1H3. The summed E-state index contributed by atoms with van der Waals surface area (Å²) < 4.78 is 19.0. The Balaban J connectivity index is 1.79. The number of unbranched alkanes of at least 4 members (excludes halogenated alkanes) is 4. The molecule has 0 radical (unpaired) electrons. The van der Waals surface area contributed by atoms with Gasteiger partial charge in [0.05, 0.1) is 5.56 Å². The van der Waals surface area contributed by atoms with Gasteiger partial charge in [-0.15, -0.1) is 0 Å². The summed E-state index contributed by atoms with van der Waals surface area (Å²) in [5.74, 6) is 0.318. The minimum Gasteiger partial charge on any atom is -0.486 e. The molecule has 0 amide bonds. The summed E-state index contributed by atoms with van der Waals surface area (Å²) in [6, 6.07) is 5.93. The Kier molecular flexibility index (Phi) is 7.16. The van der Waals surface area contributed by atoms with Crippen LogP contribution in [0.15, 0.2) is 30.6 Å². The van der Waals surface area contributed by atoms with Crippen LogP contribution in [0.25, 0.3) is 0 Å². The van der Waals surface area contributed by atoms with Gasteiger partial charge < -0.3 is 4.74 Å². The van der Waals surface area contributed by atoms with Crippen LogP contribution < -0.4 is 4.74 Å². The van der Waals surface area contributed by atoms with Crippen LogP contribution in [-0.4, -0.2) is 9.97 Å². The predicted octanol–water partition coefficient (Wildman–Crippen LogP) is 4.58. The highest BCUT2D eigenvalue weighted by Gasteiger charge is 2.05. The van der Waals surface area contributed by atoms with Gasteiger partial charge in [0, 0.05) is 18.5 Å². The van der Waals surface area contributed by atoms with E-state index in [4.69, 9.17) is 10.00 Å². The van der Waals surface area contributed by atoms with Crippen molar-refractivity contribution >= 4 is 0 Å². The van der Waals surface area contributed by atoms with Gasteiger partial charge in [-0.05, 0) is 30.5 Å². The second-order valence-corrected chi connectivity index (χ2v) is 5.71. The van der Waals surface area contributed by atoms with Crippen molar-refractivity contribution in [2.75, 3.05) is 0 Å². The Bertz CT molecular complexity index is 680. The van der Waals surface area contributed by atoms with Crippen molar-refractivity contribution < 1.29 is 9.13 Å². The zero-order valence-corrected chi connectivity index (χ0v) is 14.0. The number of halogens is 1. The van der Waals surface area contributed by atoms with Crippen molar-refractivity contribution in [2.24, 2.45) is 0 Å². The number of hydrogen-bond donors (Lipinski definition) is 0. The zero-order chi connectivity index (χ0) is 17.2. The molecule has 1 aromatic heterocycles. The van der Waals surface area contributed by atoms with Crippen LogP contribution in [0.4, 0.5) is 4.39 Å². The van der Waals surface area contributed by atoms with E-state index >= 15 is 0 Å². The molecule has 0 unspecified atom stereocenters.